The van der Waals surface area contributed by atoms with Crippen LogP contribution in [0.5, 0.6) is 5.75 Å². The van der Waals surface area contributed by atoms with Crippen molar-refractivity contribution in [3.05, 3.63) is 130 Å². The molecule has 15 heteroatoms. The molecule has 0 unspecified atom stereocenters. The highest BCUT2D eigenvalue weighted by Gasteiger charge is 2.45. The molecule has 0 bridgehead atoms. The Bertz CT molecular complexity index is 2700. The Morgan fingerprint density at radius 2 is 1.40 bits per heavy atom. The Hall–Kier alpha value is -4.77. The van der Waals surface area contributed by atoms with Crippen LogP contribution >= 0.6 is 0 Å². The zero-order valence-corrected chi connectivity index (χ0v) is 41.4. The minimum atomic E-state index is -4.42. The minimum absolute atomic E-state index is 0.133. The summed E-state index contributed by atoms with van der Waals surface area (Å²) >= 11 is 0. The van der Waals surface area contributed by atoms with E-state index in [-0.39, 0.29) is 9.79 Å². The number of ether oxygens (including phenoxy) is 1. The summed E-state index contributed by atoms with van der Waals surface area (Å²) in [5, 5.41) is 3.27. The molecule has 0 spiro atoms. The first-order valence-electron chi connectivity index (χ1n) is 22.4. The van der Waals surface area contributed by atoms with Crippen LogP contribution in [0.15, 0.2) is 122 Å². The molecule has 3 aliphatic rings. The number of rotatable bonds is 18. The third-order valence-electron chi connectivity index (χ3n) is 12.7. The van der Waals surface area contributed by atoms with E-state index in [4.69, 9.17) is 10.3 Å². The van der Waals surface area contributed by atoms with Crippen molar-refractivity contribution < 1.29 is 44.2 Å². The number of allylic oxidation sites excluding steroid dienone is 7. The summed E-state index contributed by atoms with van der Waals surface area (Å²) in [5.74, 6) is 1.39. The van der Waals surface area contributed by atoms with Crippen LogP contribution in [0.2, 0.25) is 0 Å². The van der Waals surface area contributed by atoms with Gasteiger partial charge in [-0.1, -0.05) is 32.1 Å². The lowest BCUT2D eigenvalue weighted by molar-refractivity contribution is -0.871. The fourth-order valence-electron chi connectivity index (χ4n) is 9.25. The van der Waals surface area contributed by atoms with Gasteiger partial charge in [0.15, 0.2) is 12.3 Å². The lowest BCUT2D eigenvalue weighted by atomic mass is 9.81. The second kappa shape index (κ2) is 18.8. The predicted octanol–water partition coefficient (Wildman–Crippen LogP) is 8.99. The van der Waals surface area contributed by atoms with Gasteiger partial charge in [-0.3, -0.25) is 9.11 Å². The molecule has 3 aromatic carbocycles. The molecular formula is C50H68N6O7S2+2. The number of hydrogen-bond donors (Lipinski definition) is 2. The standard InChI is InChI=1S/C50H66N6O7S2/c1-49(2)42-34-40(64(57,58)59)22-24-44(42)53(30-12-32-55(5,6)7)46(49)26-18-37-14-11-15-38(48(37)63-39-20-16-36(17-21-39)28-29-52-51)19-27-47-50(3,4)43-35-41(65(60,61)62)23-25-45(43)54(47)31-13-33-56(8,9)10/h16-27,34-35H,11-15,28-33H2,1-10H3/p+2. The van der Waals surface area contributed by atoms with E-state index in [1.807, 2.05) is 24.3 Å². The van der Waals surface area contributed by atoms with Crippen molar-refractivity contribution >= 4 is 37.3 Å². The van der Waals surface area contributed by atoms with Crippen LogP contribution in [-0.2, 0) is 37.5 Å². The normalized spacial score (nSPS) is 18.9. The second-order valence-corrected chi connectivity index (χ2v) is 23.5. The Balaban J connectivity index is 1.48. The van der Waals surface area contributed by atoms with E-state index >= 15 is 0 Å². The largest absolute Gasteiger partial charge is 0.712 e. The van der Waals surface area contributed by atoms with E-state index in [1.165, 1.54) is 12.1 Å². The van der Waals surface area contributed by atoms with Crippen LogP contribution in [-0.4, -0.2) is 120 Å². The number of nitrogens with zero attached hydrogens (tertiary/aromatic N) is 6. The van der Waals surface area contributed by atoms with Crippen molar-refractivity contribution in [2.75, 3.05) is 79.9 Å². The van der Waals surface area contributed by atoms with Gasteiger partial charge in [0.1, 0.15) is 11.5 Å². The maximum absolute atomic E-state index is 12.3. The first kappa shape index (κ1) is 49.7. The second-order valence-electron chi connectivity index (χ2n) is 20.6. The first-order valence-corrected chi connectivity index (χ1v) is 25.3. The predicted molar refractivity (Wildman–Crippen MR) is 258 cm³/mol. The van der Waals surface area contributed by atoms with Crippen molar-refractivity contribution in [1.29, 1.82) is 0 Å². The third-order valence-corrected chi connectivity index (χ3v) is 14.4. The summed E-state index contributed by atoms with van der Waals surface area (Å²) in [4.78, 5) is 2.01. The maximum Gasteiger partial charge on any atom is 0.294 e. The number of quaternary nitrogens is 2. The lowest BCUT2D eigenvalue weighted by Gasteiger charge is -2.29. The third kappa shape index (κ3) is 11.6. The van der Waals surface area contributed by atoms with Gasteiger partial charge in [0.05, 0.1) is 77.0 Å². The van der Waals surface area contributed by atoms with Gasteiger partial charge in [0.2, 0.25) is 5.69 Å². The van der Waals surface area contributed by atoms with Crippen molar-refractivity contribution in [2.24, 2.45) is 5.11 Å². The van der Waals surface area contributed by atoms with E-state index in [1.54, 1.807) is 24.3 Å². The SMILES string of the molecule is CC1(C)C(/C=C/C2=C(Oc3ccc(CCN=[N-])cc3)C(=C/C=C3/N(CCC[N+](C)(C)C)c4ccc(S(=O)(=O)O)cc4C3(C)C)/CCC2)=[N+](CCC[N+](C)(C)C)c2ccc(S(=O)(=O)O)cc21. The van der Waals surface area contributed by atoms with Gasteiger partial charge in [-0.25, -0.2) is 0 Å². The molecule has 2 heterocycles. The molecule has 0 fully saturated rings. The highest BCUT2D eigenvalue weighted by molar-refractivity contribution is 7.86. The van der Waals surface area contributed by atoms with Gasteiger partial charge in [-0.2, -0.15) is 21.4 Å². The van der Waals surface area contributed by atoms with Crippen LogP contribution in [0, 0.1) is 0 Å². The first-order chi connectivity index (χ1) is 30.2. The zero-order valence-electron chi connectivity index (χ0n) is 39.8. The molecule has 3 aromatic rings. The molecule has 350 valence electrons. The Kier molecular flexibility index (Phi) is 14.4. The molecule has 0 radical (unpaired) electrons. The molecule has 0 atom stereocenters. The number of anilines is 1. The van der Waals surface area contributed by atoms with Crippen molar-refractivity contribution in [3.8, 4) is 5.75 Å². The molecular weight excluding hydrogens is 861 g/mol. The molecule has 0 amide bonds. The average Bonchev–Trinajstić information content (AvgIpc) is 3.55. The molecule has 1 aliphatic carbocycles. The Morgan fingerprint density at radius 3 is 2.02 bits per heavy atom. The van der Waals surface area contributed by atoms with Crippen LogP contribution in [0.3, 0.4) is 0 Å². The van der Waals surface area contributed by atoms with Gasteiger partial charge >= 0.3 is 0 Å². The number of benzene rings is 3. The molecule has 0 aromatic heterocycles. The summed E-state index contributed by atoms with van der Waals surface area (Å²) in [6.07, 6.45) is 13.3. The van der Waals surface area contributed by atoms with E-state index in [9.17, 15) is 25.9 Å². The quantitative estimate of drug-likeness (QED) is 0.0554. The van der Waals surface area contributed by atoms with Crippen LogP contribution in [0.1, 0.15) is 76.5 Å². The molecule has 2 N–H and O–H groups in total. The minimum Gasteiger partial charge on any atom is -0.712 e. The number of fused-ring (bicyclic) bond motifs is 2. The average molecular weight is 929 g/mol. The number of hydrogen-bond acceptors (Lipinski definition) is 7. The van der Waals surface area contributed by atoms with Crippen LogP contribution < -0.4 is 9.64 Å². The van der Waals surface area contributed by atoms with Crippen molar-refractivity contribution in [3.63, 3.8) is 0 Å². The summed E-state index contributed by atoms with van der Waals surface area (Å²) in [5.41, 5.74) is 16.3. The topological polar surface area (TPSA) is 159 Å². The van der Waals surface area contributed by atoms with Crippen LogP contribution in [0.4, 0.5) is 11.4 Å². The Morgan fingerprint density at radius 1 is 0.785 bits per heavy atom. The summed E-state index contributed by atoms with van der Waals surface area (Å²) < 4.78 is 80.1. The molecule has 0 saturated heterocycles. The Labute approximate surface area is 387 Å². The highest BCUT2D eigenvalue weighted by Crippen LogP contribution is 2.49. The summed E-state index contributed by atoms with van der Waals surface area (Å²) in [6.45, 7) is 11.9. The molecule has 6 rings (SSSR count). The van der Waals surface area contributed by atoms with Crippen molar-refractivity contribution in [2.45, 2.75) is 86.8 Å². The molecule has 13 nitrogen and oxygen atoms in total. The fraction of sp³-hybridized carbons (Fsp3) is 0.460. The maximum atomic E-state index is 12.3. The van der Waals surface area contributed by atoms with Crippen molar-refractivity contribution in [1.82, 2.24) is 0 Å². The highest BCUT2D eigenvalue weighted by atomic mass is 32.2. The van der Waals surface area contributed by atoms with E-state index in [2.05, 4.69) is 109 Å². The molecule has 65 heavy (non-hydrogen) atoms. The summed E-state index contributed by atoms with van der Waals surface area (Å²) in [6, 6.07) is 17.5. The van der Waals surface area contributed by atoms with Crippen LogP contribution in [0.25, 0.3) is 5.53 Å². The molecule has 0 saturated carbocycles. The van der Waals surface area contributed by atoms with E-state index < -0.39 is 31.1 Å². The van der Waals surface area contributed by atoms with E-state index in [0.29, 0.717) is 31.8 Å². The fourth-order valence-corrected chi connectivity index (χ4v) is 10.3. The van der Waals surface area contributed by atoms with Gasteiger partial charge in [0, 0.05) is 54.0 Å². The smallest absolute Gasteiger partial charge is 0.294 e. The van der Waals surface area contributed by atoms with E-state index in [0.717, 1.165) is 111 Å². The summed E-state index contributed by atoms with van der Waals surface area (Å²) in [7, 11) is 4.15. The molecule has 2 aliphatic heterocycles. The monoisotopic (exact) mass is 928 g/mol. The van der Waals surface area contributed by atoms with Gasteiger partial charge < -0.3 is 29.2 Å². The zero-order chi connectivity index (χ0) is 47.8. The van der Waals surface area contributed by atoms with Gasteiger partial charge in [0.25, 0.3) is 20.2 Å². The lowest BCUT2D eigenvalue weighted by Crippen LogP contribution is -2.37. The van der Waals surface area contributed by atoms with Gasteiger partial charge in [-0.15, -0.1) is 0 Å². The van der Waals surface area contributed by atoms with Gasteiger partial charge in [-0.05, 0) is 116 Å².